The van der Waals surface area contributed by atoms with Crippen LogP contribution in [0.2, 0.25) is 0 Å². The topological polar surface area (TPSA) is 47.9 Å². The number of halogens is 1. The van der Waals surface area contributed by atoms with E-state index in [1.54, 1.807) is 18.2 Å². The van der Waals surface area contributed by atoms with Crippen molar-refractivity contribution in [3.63, 3.8) is 0 Å². The molecule has 0 unspecified atom stereocenters. The molecule has 5 heteroatoms. The Morgan fingerprint density at radius 1 is 1.18 bits per heavy atom. The number of hydrogen-bond acceptors (Lipinski definition) is 4. The number of nitrogens with zero attached hydrogens (tertiary/aromatic N) is 1. The Hall–Kier alpha value is -2.95. The normalized spacial score (nSPS) is 15.6. The lowest BCUT2D eigenvalue weighted by Gasteiger charge is -2.01. The molecule has 0 fully saturated rings. The van der Waals surface area contributed by atoms with Crippen molar-refractivity contribution in [2.24, 2.45) is 4.99 Å². The predicted molar refractivity (Wildman–Crippen MR) is 80.0 cm³/mol. The van der Waals surface area contributed by atoms with Crippen LogP contribution in [0.3, 0.4) is 0 Å². The standard InChI is InChI=1S/C17H12FNO3/c1-21-15-8-7-11(9-13(15)18)10-14-17(20)22-16(19-14)12-5-3-2-4-6-12/h2-10H,1H3/b14-10+. The van der Waals surface area contributed by atoms with Crippen molar-refractivity contribution in [2.45, 2.75) is 0 Å². The second kappa shape index (κ2) is 5.81. The Labute approximate surface area is 126 Å². The van der Waals surface area contributed by atoms with Crippen LogP contribution >= 0.6 is 0 Å². The summed E-state index contributed by atoms with van der Waals surface area (Å²) < 4.78 is 23.6. The molecule has 4 nitrogen and oxygen atoms in total. The lowest BCUT2D eigenvalue weighted by Crippen LogP contribution is -2.04. The minimum Gasteiger partial charge on any atom is -0.494 e. The lowest BCUT2D eigenvalue weighted by atomic mass is 10.2. The average molecular weight is 297 g/mol. The molecule has 1 heterocycles. The number of rotatable bonds is 3. The first-order chi connectivity index (χ1) is 10.7. The third kappa shape index (κ3) is 2.74. The molecule has 0 aromatic heterocycles. The zero-order valence-electron chi connectivity index (χ0n) is 11.7. The van der Waals surface area contributed by atoms with E-state index in [0.717, 1.165) is 0 Å². The lowest BCUT2D eigenvalue weighted by molar-refractivity contribution is -0.129. The molecular formula is C17H12FNO3. The maximum Gasteiger partial charge on any atom is 0.363 e. The summed E-state index contributed by atoms with van der Waals surface area (Å²) in [6, 6.07) is 13.5. The molecule has 1 aliphatic heterocycles. The highest BCUT2D eigenvalue weighted by Crippen LogP contribution is 2.22. The van der Waals surface area contributed by atoms with E-state index in [2.05, 4.69) is 4.99 Å². The van der Waals surface area contributed by atoms with Gasteiger partial charge in [-0.1, -0.05) is 24.3 Å². The zero-order chi connectivity index (χ0) is 15.5. The fourth-order valence-corrected chi connectivity index (χ4v) is 2.04. The van der Waals surface area contributed by atoms with Crippen molar-refractivity contribution in [1.82, 2.24) is 0 Å². The Morgan fingerprint density at radius 2 is 1.95 bits per heavy atom. The van der Waals surface area contributed by atoms with Gasteiger partial charge in [-0.2, -0.15) is 0 Å². The summed E-state index contributed by atoms with van der Waals surface area (Å²) in [5.74, 6) is -0.680. The summed E-state index contributed by atoms with van der Waals surface area (Å²) in [5.41, 5.74) is 1.34. The van der Waals surface area contributed by atoms with E-state index < -0.39 is 11.8 Å². The number of esters is 1. The molecule has 0 amide bonds. The van der Waals surface area contributed by atoms with Gasteiger partial charge in [0, 0.05) is 5.56 Å². The van der Waals surface area contributed by atoms with Crippen LogP contribution in [0.4, 0.5) is 4.39 Å². The van der Waals surface area contributed by atoms with Gasteiger partial charge in [0.25, 0.3) is 0 Å². The van der Waals surface area contributed by atoms with Crippen molar-refractivity contribution in [1.29, 1.82) is 0 Å². The van der Waals surface area contributed by atoms with Crippen LogP contribution in [0.25, 0.3) is 6.08 Å². The van der Waals surface area contributed by atoms with Crippen LogP contribution < -0.4 is 4.74 Å². The van der Waals surface area contributed by atoms with Gasteiger partial charge >= 0.3 is 5.97 Å². The highest BCUT2D eigenvalue weighted by Gasteiger charge is 2.23. The number of hydrogen-bond donors (Lipinski definition) is 0. The highest BCUT2D eigenvalue weighted by molar-refractivity contribution is 6.12. The van der Waals surface area contributed by atoms with Crippen molar-refractivity contribution >= 4 is 17.9 Å². The van der Waals surface area contributed by atoms with Crippen LogP contribution in [-0.2, 0) is 9.53 Å². The zero-order valence-corrected chi connectivity index (χ0v) is 11.7. The molecule has 3 rings (SSSR count). The molecule has 0 atom stereocenters. The van der Waals surface area contributed by atoms with Crippen molar-refractivity contribution in [3.05, 3.63) is 71.2 Å². The number of benzene rings is 2. The number of ether oxygens (including phenoxy) is 2. The van der Waals surface area contributed by atoms with Gasteiger partial charge in [0.15, 0.2) is 17.3 Å². The molecule has 0 bridgehead atoms. The number of carbonyl (C=O) groups is 1. The van der Waals surface area contributed by atoms with E-state index in [1.165, 1.54) is 25.3 Å². The number of cyclic esters (lactones) is 1. The predicted octanol–water partition coefficient (Wildman–Crippen LogP) is 3.18. The second-order valence-electron chi connectivity index (χ2n) is 4.60. The van der Waals surface area contributed by atoms with Crippen LogP contribution in [-0.4, -0.2) is 19.0 Å². The molecule has 0 aliphatic carbocycles. The van der Waals surface area contributed by atoms with Gasteiger partial charge in [-0.25, -0.2) is 14.2 Å². The van der Waals surface area contributed by atoms with Crippen LogP contribution in [0.1, 0.15) is 11.1 Å². The largest absolute Gasteiger partial charge is 0.494 e. The molecule has 0 N–H and O–H groups in total. The molecule has 110 valence electrons. The molecule has 2 aromatic rings. The monoisotopic (exact) mass is 297 g/mol. The van der Waals surface area contributed by atoms with Crippen LogP contribution in [0.5, 0.6) is 5.75 Å². The van der Waals surface area contributed by atoms with Gasteiger partial charge in [-0.15, -0.1) is 0 Å². The molecule has 2 aromatic carbocycles. The molecule has 22 heavy (non-hydrogen) atoms. The Kier molecular flexibility index (Phi) is 3.70. The van der Waals surface area contributed by atoms with Crippen LogP contribution in [0, 0.1) is 5.82 Å². The molecule has 0 spiro atoms. The van der Waals surface area contributed by atoms with E-state index >= 15 is 0 Å². The molecule has 0 radical (unpaired) electrons. The first kappa shape index (κ1) is 14.0. The number of carbonyl (C=O) groups excluding carboxylic acids is 1. The van der Waals surface area contributed by atoms with Crippen molar-refractivity contribution in [2.75, 3.05) is 7.11 Å². The SMILES string of the molecule is COc1ccc(/C=C2/N=C(c3ccccc3)OC2=O)cc1F. The summed E-state index contributed by atoms with van der Waals surface area (Å²) in [5, 5.41) is 0. The third-order valence-electron chi connectivity index (χ3n) is 3.12. The fourth-order valence-electron chi connectivity index (χ4n) is 2.04. The fraction of sp³-hybridized carbons (Fsp3) is 0.0588. The third-order valence-corrected chi connectivity index (χ3v) is 3.12. The number of methoxy groups -OCH3 is 1. The van der Waals surface area contributed by atoms with Gasteiger partial charge in [0.2, 0.25) is 5.90 Å². The Balaban J connectivity index is 1.92. The van der Waals surface area contributed by atoms with E-state index in [4.69, 9.17) is 9.47 Å². The quantitative estimate of drug-likeness (QED) is 0.646. The van der Waals surface area contributed by atoms with Gasteiger partial charge in [0.05, 0.1) is 7.11 Å². The van der Waals surface area contributed by atoms with Gasteiger partial charge < -0.3 is 9.47 Å². The van der Waals surface area contributed by atoms with Gasteiger partial charge in [0.1, 0.15) is 0 Å². The first-order valence-corrected chi connectivity index (χ1v) is 6.59. The molecule has 0 saturated heterocycles. The van der Waals surface area contributed by atoms with E-state index in [-0.39, 0.29) is 17.3 Å². The summed E-state index contributed by atoms with van der Waals surface area (Å²) in [4.78, 5) is 16.0. The summed E-state index contributed by atoms with van der Waals surface area (Å²) in [6.07, 6.45) is 1.47. The Morgan fingerprint density at radius 3 is 2.64 bits per heavy atom. The first-order valence-electron chi connectivity index (χ1n) is 6.59. The highest BCUT2D eigenvalue weighted by atomic mass is 19.1. The molecular weight excluding hydrogens is 285 g/mol. The molecule has 0 saturated carbocycles. The van der Waals surface area contributed by atoms with E-state index in [9.17, 15) is 9.18 Å². The maximum atomic E-state index is 13.7. The molecule has 1 aliphatic rings. The minimum atomic E-state index is -0.560. The van der Waals surface area contributed by atoms with Crippen LogP contribution in [0.15, 0.2) is 59.2 Å². The summed E-state index contributed by atoms with van der Waals surface area (Å²) >= 11 is 0. The van der Waals surface area contributed by atoms with Gasteiger partial charge in [-0.3, -0.25) is 0 Å². The summed E-state index contributed by atoms with van der Waals surface area (Å²) in [6.45, 7) is 0. The van der Waals surface area contributed by atoms with E-state index in [1.807, 2.05) is 18.2 Å². The van der Waals surface area contributed by atoms with Gasteiger partial charge in [-0.05, 0) is 35.9 Å². The number of aliphatic imine (C=N–C) groups is 1. The maximum absolute atomic E-state index is 13.7. The van der Waals surface area contributed by atoms with Crippen molar-refractivity contribution in [3.8, 4) is 5.75 Å². The summed E-state index contributed by atoms with van der Waals surface area (Å²) in [7, 11) is 1.39. The average Bonchev–Trinajstić information content (AvgIpc) is 2.89. The second-order valence-corrected chi connectivity index (χ2v) is 4.60. The Bertz CT molecular complexity index is 782. The van der Waals surface area contributed by atoms with Crippen molar-refractivity contribution < 1.29 is 18.7 Å². The minimum absolute atomic E-state index is 0.128. The van der Waals surface area contributed by atoms with E-state index in [0.29, 0.717) is 11.1 Å². The smallest absolute Gasteiger partial charge is 0.363 e.